The number of ether oxygens (including phenoxy) is 1. The molecular formula is C19H16N4O3S. The maximum Gasteiger partial charge on any atom is 0.277 e. The Bertz CT molecular complexity index is 964. The van der Waals surface area contributed by atoms with Gasteiger partial charge in [-0.25, -0.2) is 0 Å². The van der Waals surface area contributed by atoms with Gasteiger partial charge in [0.05, 0.1) is 23.6 Å². The third kappa shape index (κ3) is 4.86. The molecule has 136 valence electrons. The summed E-state index contributed by atoms with van der Waals surface area (Å²) in [5.41, 5.74) is 1.66. The van der Waals surface area contributed by atoms with Crippen molar-refractivity contribution in [3.8, 4) is 23.3 Å². The summed E-state index contributed by atoms with van der Waals surface area (Å²) in [5.74, 6) is 0.967. The number of benzene rings is 2. The molecule has 0 saturated carbocycles. The van der Waals surface area contributed by atoms with Crippen molar-refractivity contribution in [3.63, 3.8) is 0 Å². The van der Waals surface area contributed by atoms with Gasteiger partial charge in [-0.15, -0.1) is 10.2 Å². The van der Waals surface area contributed by atoms with Gasteiger partial charge in [-0.1, -0.05) is 23.9 Å². The number of hydrogen-bond acceptors (Lipinski definition) is 7. The molecule has 1 amide bonds. The van der Waals surface area contributed by atoms with Crippen LogP contribution in [0.5, 0.6) is 5.75 Å². The zero-order chi connectivity index (χ0) is 19.1. The number of para-hydroxylation sites is 1. The normalized spacial score (nSPS) is 10.2. The van der Waals surface area contributed by atoms with E-state index in [0.29, 0.717) is 29.0 Å². The second-order valence-electron chi connectivity index (χ2n) is 5.32. The van der Waals surface area contributed by atoms with Crippen LogP contribution in [0.3, 0.4) is 0 Å². The van der Waals surface area contributed by atoms with Crippen molar-refractivity contribution in [2.45, 2.75) is 12.1 Å². The number of rotatable bonds is 7. The molecule has 3 rings (SSSR count). The maximum absolute atomic E-state index is 12.1. The monoisotopic (exact) mass is 380 g/mol. The van der Waals surface area contributed by atoms with Crippen LogP contribution in [0.4, 0.5) is 5.69 Å². The highest BCUT2D eigenvalue weighted by atomic mass is 32.2. The molecule has 0 aliphatic rings. The molecule has 7 nitrogen and oxygen atoms in total. The number of carbonyl (C=O) groups is 1. The fourth-order valence-electron chi connectivity index (χ4n) is 2.25. The Morgan fingerprint density at radius 3 is 2.74 bits per heavy atom. The van der Waals surface area contributed by atoms with Crippen LogP contribution in [0.15, 0.2) is 58.2 Å². The molecule has 1 aromatic heterocycles. The standard InChI is InChI=1S/C19H16N4O3S/c1-2-25-15-9-7-13(8-10-15)18-22-23-19(26-18)27-12-17(24)21-16-6-4-3-5-14(16)11-20/h3-10H,2,12H2,1H3,(H,21,24). The topological polar surface area (TPSA) is 101 Å². The predicted molar refractivity (Wildman–Crippen MR) is 101 cm³/mol. The Labute approximate surface area is 160 Å². The summed E-state index contributed by atoms with van der Waals surface area (Å²) in [5, 5.41) is 20.0. The molecule has 0 aliphatic heterocycles. The molecule has 1 heterocycles. The molecule has 0 atom stereocenters. The van der Waals surface area contributed by atoms with Crippen LogP contribution in [0.1, 0.15) is 12.5 Å². The smallest absolute Gasteiger partial charge is 0.277 e. The largest absolute Gasteiger partial charge is 0.494 e. The molecular weight excluding hydrogens is 364 g/mol. The van der Waals surface area contributed by atoms with Gasteiger partial charge in [-0.3, -0.25) is 4.79 Å². The fourth-order valence-corrected chi connectivity index (χ4v) is 2.81. The lowest BCUT2D eigenvalue weighted by molar-refractivity contribution is -0.113. The molecule has 0 bridgehead atoms. The van der Waals surface area contributed by atoms with Gasteiger partial charge in [0.2, 0.25) is 11.8 Å². The summed E-state index contributed by atoms with van der Waals surface area (Å²) in [7, 11) is 0. The molecule has 0 unspecified atom stereocenters. The van der Waals surface area contributed by atoms with Crippen LogP contribution < -0.4 is 10.1 Å². The molecule has 3 aromatic rings. The van der Waals surface area contributed by atoms with Gasteiger partial charge >= 0.3 is 0 Å². The Morgan fingerprint density at radius 1 is 1.22 bits per heavy atom. The van der Waals surface area contributed by atoms with Gasteiger partial charge in [0, 0.05) is 5.56 Å². The quantitative estimate of drug-likeness (QED) is 0.623. The lowest BCUT2D eigenvalue weighted by Crippen LogP contribution is -2.14. The number of nitriles is 1. The summed E-state index contributed by atoms with van der Waals surface area (Å²) in [6, 6.07) is 16.2. The van der Waals surface area contributed by atoms with Crippen molar-refractivity contribution < 1.29 is 13.9 Å². The highest BCUT2D eigenvalue weighted by molar-refractivity contribution is 7.99. The summed E-state index contributed by atoms with van der Waals surface area (Å²) in [4.78, 5) is 12.1. The van der Waals surface area contributed by atoms with Crippen molar-refractivity contribution >= 4 is 23.4 Å². The van der Waals surface area contributed by atoms with Crippen LogP contribution in [0, 0.1) is 11.3 Å². The molecule has 0 fully saturated rings. The SMILES string of the molecule is CCOc1ccc(-c2nnc(SCC(=O)Nc3ccccc3C#N)o2)cc1. The van der Waals surface area contributed by atoms with E-state index in [9.17, 15) is 4.79 Å². The summed E-state index contributed by atoms with van der Waals surface area (Å²) in [6.07, 6.45) is 0. The van der Waals surface area contributed by atoms with Crippen LogP contribution in [-0.2, 0) is 4.79 Å². The van der Waals surface area contributed by atoms with E-state index in [4.69, 9.17) is 14.4 Å². The van der Waals surface area contributed by atoms with Crippen molar-refractivity contribution in [2.24, 2.45) is 0 Å². The number of nitrogens with zero attached hydrogens (tertiary/aromatic N) is 3. The second kappa shape index (κ2) is 8.87. The van der Waals surface area contributed by atoms with E-state index in [2.05, 4.69) is 15.5 Å². The van der Waals surface area contributed by atoms with E-state index < -0.39 is 0 Å². The lowest BCUT2D eigenvalue weighted by Gasteiger charge is -2.05. The van der Waals surface area contributed by atoms with Crippen LogP contribution in [0.2, 0.25) is 0 Å². The minimum Gasteiger partial charge on any atom is -0.494 e. The molecule has 1 N–H and O–H groups in total. The minimum absolute atomic E-state index is 0.0880. The Hall–Kier alpha value is -3.31. The van der Waals surface area contributed by atoms with E-state index in [1.54, 1.807) is 24.3 Å². The van der Waals surface area contributed by atoms with Gasteiger partial charge in [-0.2, -0.15) is 5.26 Å². The predicted octanol–water partition coefficient (Wildman–Crippen LogP) is 3.74. The number of nitrogens with one attached hydrogen (secondary N) is 1. The number of anilines is 1. The molecule has 2 aromatic carbocycles. The van der Waals surface area contributed by atoms with Gasteiger partial charge in [0.1, 0.15) is 11.8 Å². The number of aromatic nitrogens is 2. The third-order valence-corrected chi connectivity index (χ3v) is 4.29. The number of hydrogen-bond donors (Lipinski definition) is 1. The van der Waals surface area contributed by atoms with Crippen LogP contribution in [0.25, 0.3) is 11.5 Å². The van der Waals surface area contributed by atoms with Crippen LogP contribution in [-0.4, -0.2) is 28.5 Å². The van der Waals surface area contributed by atoms with Gasteiger partial charge in [0.25, 0.3) is 5.22 Å². The lowest BCUT2D eigenvalue weighted by atomic mass is 10.2. The fraction of sp³-hybridized carbons (Fsp3) is 0.158. The highest BCUT2D eigenvalue weighted by Gasteiger charge is 2.12. The highest BCUT2D eigenvalue weighted by Crippen LogP contribution is 2.25. The molecule has 0 spiro atoms. The number of amides is 1. The van der Waals surface area contributed by atoms with E-state index in [-0.39, 0.29) is 11.7 Å². The van der Waals surface area contributed by atoms with Gasteiger partial charge < -0.3 is 14.5 Å². The minimum atomic E-state index is -0.261. The molecule has 0 aliphatic carbocycles. The van der Waals surface area contributed by atoms with E-state index >= 15 is 0 Å². The van der Waals surface area contributed by atoms with E-state index in [1.807, 2.05) is 37.3 Å². The van der Waals surface area contributed by atoms with Gasteiger partial charge in [0.15, 0.2) is 0 Å². The van der Waals surface area contributed by atoms with Crippen LogP contribution >= 0.6 is 11.8 Å². The first-order valence-corrected chi connectivity index (χ1v) is 9.16. The molecule has 27 heavy (non-hydrogen) atoms. The van der Waals surface area contributed by atoms with Crippen molar-refractivity contribution in [2.75, 3.05) is 17.7 Å². The number of thioether (sulfide) groups is 1. The molecule has 0 radical (unpaired) electrons. The molecule has 0 saturated heterocycles. The second-order valence-corrected chi connectivity index (χ2v) is 6.25. The van der Waals surface area contributed by atoms with Gasteiger partial charge in [-0.05, 0) is 43.3 Å². The number of carbonyl (C=O) groups excluding carboxylic acids is 1. The summed E-state index contributed by atoms with van der Waals surface area (Å²) >= 11 is 1.13. The Balaban J connectivity index is 1.58. The van der Waals surface area contributed by atoms with E-state index in [1.165, 1.54) is 0 Å². The third-order valence-electron chi connectivity index (χ3n) is 3.47. The average molecular weight is 380 g/mol. The first-order chi connectivity index (χ1) is 13.2. The zero-order valence-corrected chi connectivity index (χ0v) is 15.3. The van der Waals surface area contributed by atoms with Crippen molar-refractivity contribution in [1.82, 2.24) is 10.2 Å². The first-order valence-electron chi connectivity index (χ1n) is 8.18. The Kier molecular flexibility index (Phi) is 6.07. The Morgan fingerprint density at radius 2 is 2.00 bits per heavy atom. The van der Waals surface area contributed by atoms with E-state index in [0.717, 1.165) is 23.1 Å². The molecule has 8 heteroatoms. The summed E-state index contributed by atoms with van der Waals surface area (Å²) in [6.45, 7) is 2.52. The zero-order valence-electron chi connectivity index (χ0n) is 14.5. The van der Waals surface area contributed by atoms with Crippen molar-refractivity contribution in [3.05, 3.63) is 54.1 Å². The van der Waals surface area contributed by atoms with Crippen molar-refractivity contribution in [1.29, 1.82) is 5.26 Å². The maximum atomic E-state index is 12.1. The first kappa shape index (κ1) is 18.5. The average Bonchev–Trinajstić information content (AvgIpc) is 3.17. The summed E-state index contributed by atoms with van der Waals surface area (Å²) < 4.78 is 11.0.